The van der Waals surface area contributed by atoms with Crippen molar-refractivity contribution >= 4 is 17.3 Å². The number of rotatable bonds is 6. The van der Waals surface area contributed by atoms with Gasteiger partial charge in [0.15, 0.2) is 0 Å². The third-order valence-corrected chi connectivity index (χ3v) is 2.63. The molecule has 0 amide bonds. The Kier molecular flexibility index (Phi) is 4.14. The molecule has 0 spiro atoms. The van der Waals surface area contributed by atoms with E-state index in [4.69, 9.17) is 0 Å². The Morgan fingerprint density at radius 2 is 2.15 bits per heavy atom. The summed E-state index contributed by atoms with van der Waals surface area (Å²) >= 11 is 0. The van der Waals surface area contributed by atoms with Gasteiger partial charge in [0.25, 0.3) is 0 Å². The van der Waals surface area contributed by atoms with Crippen LogP contribution in [0.5, 0.6) is 0 Å². The molecule has 106 valence electrons. The highest BCUT2D eigenvalue weighted by molar-refractivity contribution is 5.60. The molecule has 0 aliphatic carbocycles. The summed E-state index contributed by atoms with van der Waals surface area (Å²) in [5, 5.41) is 21.2. The molecule has 8 heteroatoms. The fourth-order valence-corrected chi connectivity index (χ4v) is 1.74. The quantitative estimate of drug-likeness (QED) is 0.616. The number of pyridine rings is 1. The summed E-state index contributed by atoms with van der Waals surface area (Å²) in [5.74, 6) is 0.834. The Bertz CT molecular complexity index is 610. The van der Waals surface area contributed by atoms with E-state index in [0.29, 0.717) is 18.9 Å². The molecule has 2 rings (SSSR count). The van der Waals surface area contributed by atoms with Gasteiger partial charge in [-0.3, -0.25) is 14.8 Å². The number of anilines is 2. The third-order valence-electron chi connectivity index (χ3n) is 2.63. The molecule has 0 bridgehead atoms. The van der Waals surface area contributed by atoms with Crippen molar-refractivity contribution in [2.45, 2.75) is 13.5 Å². The van der Waals surface area contributed by atoms with Crippen LogP contribution in [0.3, 0.4) is 0 Å². The highest BCUT2D eigenvalue weighted by Gasteiger charge is 2.16. The maximum absolute atomic E-state index is 11.0. The smallest absolute Gasteiger partial charge is 0.311 e. The van der Waals surface area contributed by atoms with Gasteiger partial charge in [-0.2, -0.15) is 5.10 Å². The van der Waals surface area contributed by atoms with Crippen molar-refractivity contribution in [3.8, 4) is 0 Å². The lowest BCUT2D eigenvalue weighted by molar-refractivity contribution is -0.384. The summed E-state index contributed by atoms with van der Waals surface area (Å²) in [6.45, 7) is 3.01. The van der Waals surface area contributed by atoms with Gasteiger partial charge in [-0.25, -0.2) is 4.98 Å². The summed E-state index contributed by atoms with van der Waals surface area (Å²) in [6, 6.07) is 4.87. The van der Waals surface area contributed by atoms with Crippen molar-refractivity contribution < 1.29 is 4.92 Å². The van der Waals surface area contributed by atoms with E-state index in [1.54, 1.807) is 10.7 Å². The van der Waals surface area contributed by atoms with Gasteiger partial charge in [-0.05, 0) is 19.1 Å². The number of aromatic nitrogens is 3. The van der Waals surface area contributed by atoms with Crippen LogP contribution in [0.2, 0.25) is 0 Å². The zero-order valence-electron chi connectivity index (χ0n) is 11.3. The first-order chi connectivity index (χ1) is 9.60. The third kappa shape index (κ3) is 3.22. The molecule has 0 saturated heterocycles. The number of aryl methyl sites for hydroxylation is 1. The highest BCUT2D eigenvalue weighted by atomic mass is 16.6. The minimum absolute atomic E-state index is 0.0532. The minimum Gasteiger partial charge on any atom is -0.370 e. The van der Waals surface area contributed by atoms with Crippen molar-refractivity contribution in [2.24, 2.45) is 7.05 Å². The number of hydrogen-bond acceptors (Lipinski definition) is 6. The first kappa shape index (κ1) is 13.8. The molecule has 20 heavy (non-hydrogen) atoms. The molecule has 0 aliphatic rings. The molecule has 0 fully saturated rings. The molecule has 0 aliphatic heterocycles. The molecule has 8 nitrogen and oxygen atoms in total. The van der Waals surface area contributed by atoms with Crippen LogP contribution >= 0.6 is 0 Å². The van der Waals surface area contributed by atoms with Crippen LogP contribution in [0.15, 0.2) is 24.4 Å². The summed E-state index contributed by atoms with van der Waals surface area (Å²) in [5.41, 5.74) is 0.736. The lowest BCUT2D eigenvalue weighted by Gasteiger charge is -2.07. The Hall–Kier alpha value is -2.64. The van der Waals surface area contributed by atoms with Crippen LogP contribution in [0, 0.1) is 10.1 Å². The monoisotopic (exact) mass is 276 g/mol. The Balaban J connectivity index is 2.18. The van der Waals surface area contributed by atoms with Crippen LogP contribution < -0.4 is 10.6 Å². The Morgan fingerprint density at radius 1 is 1.35 bits per heavy atom. The van der Waals surface area contributed by atoms with Crippen molar-refractivity contribution in [3.63, 3.8) is 0 Å². The lowest BCUT2D eigenvalue weighted by Crippen LogP contribution is -2.08. The first-order valence-electron chi connectivity index (χ1n) is 6.22. The van der Waals surface area contributed by atoms with Gasteiger partial charge < -0.3 is 10.6 Å². The van der Waals surface area contributed by atoms with E-state index in [1.807, 2.05) is 26.2 Å². The van der Waals surface area contributed by atoms with Crippen molar-refractivity contribution in [3.05, 3.63) is 40.2 Å². The van der Waals surface area contributed by atoms with Crippen molar-refractivity contribution in [2.75, 3.05) is 17.2 Å². The summed E-state index contributed by atoms with van der Waals surface area (Å²) in [7, 11) is 1.82. The SMILES string of the molecule is CCNc1ccc([N+](=O)[O-])c(NCc2ccn(C)n2)n1. The molecule has 0 aromatic carbocycles. The van der Waals surface area contributed by atoms with Gasteiger partial charge >= 0.3 is 5.69 Å². The zero-order chi connectivity index (χ0) is 14.5. The predicted octanol–water partition coefficient (Wildman–Crippen LogP) is 1.77. The second-order valence-electron chi connectivity index (χ2n) is 4.19. The summed E-state index contributed by atoms with van der Waals surface area (Å²) in [6.07, 6.45) is 1.81. The van der Waals surface area contributed by atoms with Gasteiger partial charge in [-0.15, -0.1) is 0 Å². The molecule has 0 saturated carbocycles. The van der Waals surface area contributed by atoms with E-state index < -0.39 is 4.92 Å². The van der Waals surface area contributed by atoms with Gasteiger partial charge in [0.2, 0.25) is 5.82 Å². The van der Waals surface area contributed by atoms with Crippen LogP contribution in [0.4, 0.5) is 17.3 Å². The lowest BCUT2D eigenvalue weighted by atomic mass is 10.3. The van der Waals surface area contributed by atoms with E-state index in [-0.39, 0.29) is 11.5 Å². The predicted molar refractivity (Wildman–Crippen MR) is 75.6 cm³/mol. The molecule has 2 aromatic heterocycles. The normalized spacial score (nSPS) is 10.3. The van der Waals surface area contributed by atoms with Gasteiger partial charge in [0.05, 0.1) is 17.2 Å². The average molecular weight is 276 g/mol. The largest absolute Gasteiger partial charge is 0.370 e. The van der Waals surface area contributed by atoms with E-state index in [0.717, 1.165) is 5.69 Å². The number of hydrogen-bond donors (Lipinski definition) is 2. The first-order valence-corrected chi connectivity index (χ1v) is 6.22. The molecule has 2 aromatic rings. The second kappa shape index (κ2) is 6.00. The second-order valence-corrected chi connectivity index (χ2v) is 4.19. The number of nitrogens with zero attached hydrogens (tertiary/aromatic N) is 4. The van der Waals surface area contributed by atoms with E-state index in [1.165, 1.54) is 6.07 Å². The van der Waals surface area contributed by atoms with E-state index in [2.05, 4.69) is 20.7 Å². The zero-order valence-corrected chi connectivity index (χ0v) is 11.3. The topological polar surface area (TPSA) is 97.9 Å². The fraction of sp³-hybridized carbons (Fsp3) is 0.333. The fourth-order valence-electron chi connectivity index (χ4n) is 1.74. The molecule has 2 heterocycles. The molecular formula is C12H16N6O2. The average Bonchev–Trinajstić information content (AvgIpc) is 2.82. The molecule has 0 radical (unpaired) electrons. The van der Waals surface area contributed by atoms with Crippen LogP contribution in [0.1, 0.15) is 12.6 Å². The van der Waals surface area contributed by atoms with Crippen LogP contribution in [-0.2, 0) is 13.6 Å². The van der Waals surface area contributed by atoms with Gasteiger partial charge in [0, 0.05) is 25.9 Å². The minimum atomic E-state index is -0.455. The van der Waals surface area contributed by atoms with E-state index >= 15 is 0 Å². The molecule has 0 unspecified atom stereocenters. The maximum atomic E-state index is 11.0. The van der Waals surface area contributed by atoms with Crippen LogP contribution in [0.25, 0.3) is 0 Å². The van der Waals surface area contributed by atoms with Crippen LogP contribution in [-0.4, -0.2) is 26.2 Å². The van der Waals surface area contributed by atoms with Crippen molar-refractivity contribution in [1.29, 1.82) is 0 Å². The summed E-state index contributed by atoms with van der Waals surface area (Å²) < 4.78 is 1.67. The summed E-state index contributed by atoms with van der Waals surface area (Å²) in [4.78, 5) is 14.7. The Labute approximate surface area is 116 Å². The highest BCUT2D eigenvalue weighted by Crippen LogP contribution is 2.24. The Morgan fingerprint density at radius 3 is 2.75 bits per heavy atom. The molecule has 0 atom stereocenters. The standard InChI is InChI=1S/C12H16N6O2/c1-3-13-11-5-4-10(18(19)20)12(15-11)14-8-9-6-7-17(2)16-9/h4-7H,3,8H2,1-2H3,(H2,13,14,15). The van der Waals surface area contributed by atoms with Gasteiger partial charge in [0.1, 0.15) is 5.82 Å². The number of nitro groups is 1. The number of nitrogens with one attached hydrogen (secondary N) is 2. The van der Waals surface area contributed by atoms with Gasteiger partial charge in [-0.1, -0.05) is 0 Å². The molecule has 2 N–H and O–H groups in total. The molecular weight excluding hydrogens is 260 g/mol. The van der Waals surface area contributed by atoms with Crippen molar-refractivity contribution in [1.82, 2.24) is 14.8 Å². The van der Waals surface area contributed by atoms with E-state index in [9.17, 15) is 10.1 Å². The maximum Gasteiger partial charge on any atom is 0.311 e.